The minimum absolute atomic E-state index is 0.0898. The summed E-state index contributed by atoms with van der Waals surface area (Å²) in [6, 6.07) is 0.376. The minimum atomic E-state index is -0.0898. The van der Waals surface area contributed by atoms with Gasteiger partial charge < -0.3 is 15.5 Å². The van der Waals surface area contributed by atoms with Gasteiger partial charge in [-0.3, -0.25) is 4.79 Å². The van der Waals surface area contributed by atoms with Crippen molar-refractivity contribution in [1.29, 1.82) is 0 Å². The van der Waals surface area contributed by atoms with Crippen molar-refractivity contribution in [3.8, 4) is 0 Å². The van der Waals surface area contributed by atoms with Gasteiger partial charge in [0.25, 0.3) is 5.91 Å². The molecule has 2 atom stereocenters. The number of anilines is 1. The summed E-state index contributed by atoms with van der Waals surface area (Å²) in [6.07, 6.45) is 1.54. The van der Waals surface area contributed by atoms with Crippen molar-refractivity contribution in [3.63, 3.8) is 0 Å². The van der Waals surface area contributed by atoms with E-state index in [1.54, 1.807) is 6.20 Å². The molecule has 1 aliphatic heterocycles. The maximum atomic E-state index is 12.7. The number of rotatable bonds is 3. The molecule has 6 nitrogen and oxygen atoms in total. The van der Waals surface area contributed by atoms with E-state index in [1.165, 1.54) is 0 Å². The molecule has 1 fully saturated rings. The van der Waals surface area contributed by atoms with E-state index in [4.69, 9.17) is 5.73 Å². The molecule has 0 aliphatic carbocycles. The lowest BCUT2D eigenvalue weighted by Crippen LogP contribution is -2.36. The van der Waals surface area contributed by atoms with Crippen LogP contribution in [0.25, 0.3) is 0 Å². The molecule has 0 bridgehead atoms. The molecule has 116 valence electrons. The summed E-state index contributed by atoms with van der Waals surface area (Å²) in [5.41, 5.74) is 6.59. The maximum absolute atomic E-state index is 12.7. The topological polar surface area (TPSA) is 75.3 Å². The third-order valence-corrected chi connectivity index (χ3v) is 4.08. The van der Waals surface area contributed by atoms with Gasteiger partial charge in [-0.2, -0.15) is 0 Å². The van der Waals surface area contributed by atoms with Gasteiger partial charge in [-0.1, -0.05) is 20.8 Å². The molecule has 6 heteroatoms. The monoisotopic (exact) mass is 291 g/mol. The summed E-state index contributed by atoms with van der Waals surface area (Å²) in [5, 5.41) is 0. The van der Waals surface area contributed by atoms with Crippen LogP contribution in [0, 0.1) is 5.92 Å². The molecule has 0 radical (unpaired) electrons. The summed E-state index contributed by atoms with van der Waals surface area (Å²) >= 11 is 0. The summed E-state index contributed by atoms with van der Waals surface area (Å²) in [4.78, 5) is 25.3. The fraction of sp³-hybridized carbons (Fsp3) is 0.667. The normalized spacial score (nSPS) is 22.3. The molecule has 2 unspecified atom stereocenters. The Morgan fingerprint density at radius 3 is 2.62 bits per heavy atom. The first-order valence-corrected chi connectivity index (χ1v) is 7.39. The number of hydrogen-bond donors (Lipinski definition) is 1. The van der Waals surface area contributed by atoms with Crippen molar-refractivity contribution in [2.75, 3.05) is 32.9 Å². The lowest BCUT2D eigenvalue weighted by molar-refractivity contribution is 0.0776. The molecule has 0 spiro atoms. The fourth-order valence-corrected chi connectivity index (χ4v) is 2.79. The molecule has 0 saturated carbocycles. The van der Waals surface area contributed by atoms with Gasteiger partial charge in [-0.15, -0.1) is 0 Å². The standard InChI is InChI=1S/C15H25N5O/c1-9(2)14-17-6-11(16)13(18-14)15(21)20-7-10(3)12(8-20)19(4)5/h6,9-10,12H,7-8,16H2,1-5H3. The van der Waals surface area contributed by atoms with Crippen LogP contribution < -0.4 is 5.73 Å². The Balaban J connectivity index is 2.23. The van der Waals surface area contributed by atoms with Crippen LogP contribution in [0.5, 0.6) is 0 Å². The Bertz CT molecular complexity index is 529. The smallest absolute Gasteiger partial charge is 0.274 e. The van der Waals surface area contributed by atoms with Crippen LogP contribution in [-0.4, -0.2) is 58.9 Å². The number of nitrogens with zero attached hydrogens (tertiary/aromatic N) is 4. The van der Waals surface area contributed by atoms with Crippen LogP contribution in [0.15, 0.2) is 6.20 Å². The van der Waals surface area contributed by atoms with Crippen LogP contribution >= 0.6 is 0 Å². The first-order chi connectivity index (χ1) is 9.81. The second-order valence-corrected chi connectivity index (χ2v) is 6.41. The van der Waals surface area contributed by atoms with Gasteiger partial charge in [0, 0.05) is 25.0 Å². The second-order valence-electron chi connectivity index (χ2n) is 6.41. The predicted octanol–water partition coefficient (Wildman–Crippen LogP) is 1.20. The summed E-state index contributed by atoms with van der Waals surface area (Å²) in [6.45, 7) is 7.62. The van der Waals surface area contributed by atoms with Gasteiger partial charge in [-0.25, -0.2) is 9.97 Å². The highest BCUT2D eigenvalue weighted by Gasteiger charge is 2.35. The first kappa shape index (κ1) is 15.7. The van der Waals surface area contributed by atoms with Gasteiger partial charge >= 0.3 is 0 Å². The summed E-state index contributed by atoms with van der Waals surface area (Å²) in [5.74, 6) is 1.18. The fourth-order valence-electron chi connectivity index (χ4n) is 2.79. The van der Waals surface area contributed by atoms with Gasteiger partial charge in [0.15, 0.2) is 5.69 Å². The van der Waals surface area contributed by atoms with E-state index in [9.17, 15) is 4.79 Å². The molecule has 1 aromatic heterocycles. The van der Waals surface area contributed by atoms with Crippen molar-refractivity contribution in [2.24, 2.45) is 5.92 Å². The lowest BCUT2D eigenvalue weighted by atomic mass is 10.1. The molecule has 21 heavy (non-hydrogen) atoms. The zero-order chi connectivity index (χ0) is 15.7. The van der Waals surface area contributed by atoms with E-state index in [0.717, 1.165) is 6.54 Å². The number of carbonyl (C=O) groups is 1. The zero-order valence-electron chi connectivity index (χ0n) is 13.5. The Kier molecular flexibility index (Phi) is 4.46. The Hall–Kier alpha value is -1.69. The van der Waals surface area contributed by atoms with Crippen molar-refractivity contribution in [3.05, 3.63) is 17.7 Å². The van der Waals surface area contributed by atoms with E-state index in [-0.39, 0.29) is 11.8 Å². The van der Waals surface area contributed by atoms with E-state index in [2.05, 4.69) is 21.8 Å². The van der Waals surface area contributed by atoms with E-state index >= 15 is 0 Å². The molecule has 2 heterocycles. The van der Waals surface area contributed by atoms with Crippen LogP contribution in [-0.2, 0) is 0 Å². The minimum Gasteiger partial charge on any atom is -0.396 e. The van der Waals surface area contributed by atoms with Gasteiger partial charge in [0.2, 0.25) is 0 Å². The highest BCUT2D eigenvalue weighted by molar-refractivity contribution is 5.97. The molecule has 1 saturated heterocycles. The number of likely N-dealkylation sites (N-methyl/N-ethyl adjacent to an activating group) is 1. The number of aromatic nitrogens is 2. The number of carbonyl (C=O) groups excluding carboxylic acids is 1. The van der Waals surface area contributed by atoms with E-state index in [1.807, 2.05) is 32.8 Å². The van der Waals surface area contributed by atoms with Crippen LogP contribution in [0.1, 0.15) is 43.0 Å². The number of hydrogen-bond acceptors (Lipinski definition) is 5. The quantitative estimate of drug-likeness (QED) is 0.906. The lowest BCUT2D eigenvalue weighted by Gasteiger charge is -2.22. The molecular formula is C15H25N5O. The number of amides is 1. The molecule has 2 rings (SSSR count). The number of likely N-dealkylation sites (tertiary alicyclic amines) is 1. The Labute approximate surface area is 126 Å². The molecular weight excluding hydrogens is 266 g/mol. The van der Waals surface area contributed by atoms with Crippen molar-refractivity contribution in [2.45, 2.75) is 32.7 Å². The van der Waals surface area contributed by atoms with Crippen LogP contribution in [0.2, 0.25) is 0 Å². The van der Waals surface area contributed by atoms with E-state index < -0.39 is 0 Å². The summed E-state index contributed by atoms with van der Waals surface area (Å²) in [7, 11) is 4.09. The Morgan fingerprint density at radius 2 is 2.10 bits per heavy atom. The zero-order valence-corrected chi connectivity index (χ0v) is 13.5. The van der Waals surface area contributed by atoms with Gasteiger partial charge in [0.1, 0.15) is 5.82 Å². The van der Waals surface area contributed by atoms with Crippen LogP contribution in [0.4, 0.5) is 5.69 Å². The molecule has 1 amide bonds. The Morgan fingerprint density at radius 1 is 1.43 bits per heavy atom. The second kappa shape index (κ2) is 5.97. The SMILES string of the molecule is CC(C)c1ncc(N)c(C(=O)N2CC(C)C(N(C)C)C2)n1. The predicted molar refractivity (Wildman–Crippen MR) is 83.1 cm³/mol. The van der Waals surface area contributed by atoms with Gasteiger partial charge in [-0.05, 0) is 20.0 Å². The van der Waals surface area contributed by atoms with Crippen molar-refractivity contribution in [1.82, 2.24) is 19.8 Å². The average molecular weight is 291 g/mol. The van der Waals surface area contributed by atoms with E-state index in [0.29, 0.717) is 35.7 Å². The third kappa shape index (κ3) is 3.15. The van der Waals surface area contributed by atoms with Crippen molar-refractivity contribution >= 4 is 11.6 Å². The van der Waals surface area contributed by atoms with Crippen molar-refractivity contribution < 1.29 is 4.79 Å². The largest absolute Gasteiger partial charge is 0.396 e. The highest BCUT2D eigenvalue weighted by Crippen LogP contribution is 2.23. The molecule has 1 aromatic rings. The maximum Gasteiger partial charge on any atom is 0.274 e. The highest BCUT2D eigenvalue weighted by atomic mass is 16.2. The average Bonchev–Trinajstić information content (AvgIpc) is 2.80. The number of nitrogen functional groups attached to an aromatic ring is 1. The summed E-state index contributed by atoms with van der Waals surface area (Å²) < 4.78 is 0. The molecule has 0 aromatic carbocycles. The van der Waals surface area contributed by atoms with Crippen LogP contribution in [0.3, 0.4) is 0 Å². The van der Waals surface area contributed by atoms with Gasteiger partial charge in [0.05, 0.1) is 11.9 Å². The molecule has 2 N–H and O–H groups in total. The number of nitrogens with two attached hydrogens (primary N) is 1. The third-order valence-electron chi connectivity index (χ3n) is 4.08. The molecule has 1 aliphatic rings. The first-order valence-electron chi connectivity index (χ1n) is 7.39.